The molecule has 0 heterocycles. The highest BCUT2D eigenvalue weighted by Crippen LogP contribution is 2.44. The number of anilines is 1. The van der Waals surface area contributed by atoms with Gasteiger partial charge in [-0.05, 0) is 106 Å². The van der Waals surface area contributed by atoms with Gasteiger partial charge < -0.3 is 51.0 Å². The minimum absolute atomic E-state index is 0.00353. The van der Waals surface area contributed by atoms with Crippen molar-refractivity contribution in [2.75, 3.05) is 52.8 Å². The number of carbonyl (C=O) groups is 1. The molecule has 2 aromatic carbocycles. The minimum atomic E-state index is -0.555. The van der Waals surface area contributed by atoms with Crippen LogP contribution in [0.25, 0.3) is 0 Å². The topological polar surface area (TPSA) is 200 Å². The van der Waals surface area contributed by atoms with Crippen LogP contribution in [-0.2, 0) is 22.4 Å². The molecule has 0 aromatic heterocycles. The van der Waals surface area contributed by atoms with Crippen molar-refractivity contribution in [3.05, 3.63) is 53.6 Å². The zero-order valence-corrected chi connectivity index (χ0v) is 29.9. The Morgan fingerprint density at radius 3 is 2.66 bits per heavy atom. The molecule has 4 atom stereocenters. The fourth-order valence-electron chi connectivity index (χ4n) is 6.20. The van der Waals surface area contributed by atoms with Crippen LogP contribution in [0.1, 0.15) is 63.0 Å². The molecule has 1 fully saturated rings. The summed E-state index contributed by atoms with van der Waals surface area (Å²) in [5.74, 6) is 1.20. The minimum Gasteiger partial charge on any atom is -0.504 e. The van der Waals surface area contributed by atoms with Gasteiger partial charge in [0.25, 0.3) is 0 Å². The number of phenols is 2. The van der Waals surface area contributed by atoms with Crippen molar-refractivity contribution >= 4 is 17.4 Å². The van der Waals surface area contributed by atoms with Gasteiger partial charge in [-0.2, -0.15) is 0 Å². The number of benzene rings is 2. The van der Waals surface area contributed by atoms with E-state index in [1.165, 1.54) is 7.11 Å². The van der Waals surface area contributed by atoms with Crippen molar-refractivity contribution in [2.24, 2.45) is 16.6 Å². The van der Waals surface area contributed by atoms with E-state index in [9.17, 15) is 25.2 Å². The van der Waals surface area contributed by atoms with E-state index in [1.54, 1.807) is 38.2 Å². The van der Waals surface area contributed by atoms with Gasteiger partial charge in [0.15, 0.2) is 34.7 Å². The Labute approximate surface area is 295 Å². The number of phenolic OH excluding ortho intramolecular Hbond substituents is 2. The van der Waals surface area contributed by atoms with E-state index in [1.807, 2.05) is 25.3 Å². The maximum absolute atomic E-state index is 12.6. The van der Waals surface area contributed by atoms with E-state index in [0.717, 1.165) is 36.8 Å². The van der Waals surface area contributed by atoms with Crippen LogP contribution in [0.15, 0.2) is 47.5 Å². The first-order chi connectivity index (χ1) is 24.0. The van der Waals surface area contributed by atoms with Gasteiger partial charge in [-0.1, -0.05) is 12.1 Å². The molecular formula is C37H57N5O8. The molecule has 0 amide bonds. The van der Waals surface area contributed by atoms with Crippen molar-refractivity contribution in [3.63, 3.8) is 0 Å². The third-order valence-electron chi connectivity index (χ3n) is 8.82. The van der Waals surface area contributed by atoms with Gasteiger partial charge in [0.2, 0.25) is 0 Å². The van der Waals surface area contributed by atoms with Crippen LogP contribution in [0.4, 0.5) is 5.69 Å². The number of allylic oxidation sites excluding steroid dienone is 2. The summed E-state index contributed by atoms with van der Waals surface area (Å²) >= 11 is 0. The number of aromatic hydroxyl groups is 2. The quantitative estimate of drug-likeness (QED) is 0.0294. The Kier molecular flexibility index (Phi) is 16.8. The zero-order valence-electron chi connectivity index (χ0n) is 29.9. The second-order valence-electron chi connectivity index (χ2n) is 13.0. The maximum atomic E-state index is 12.6. The van der Waals surface area contributed by atoms with Gasteiger partial charge in [0.1, 0.15) is 11.8 Å². The number of likely N-dealkylation sites (N-methyl/N-ethyl adjacent to an activating group) is 1. The van der Waals surface area contributed by atoms with E-state index >= 15 is 0 Å². The summed E-state index contributed by atoms with van der Waals surface area (Å²) in [7, 11) is 4.93. The fraction of sp³-hybridized carbons (Fsp3) is 0.568. The highest BCUT2D eigenvalue weighted by molar-refractivity contribution is 5.94. The number of nitrogens with zero attached hydrogens (tertiary/aromatic N) is 1. The first-order valence-corrected chi connectivity index (χ1v) is 17.4. The Morgan fingerprint density at radius 1 is 1.18 bits per heavy atom. The molecule has 1 aliphatic rings. The van der Waals surface area contributed by atoms with Crippen LogP contribution in [0.3, 0.4) is 0 Å². The molecule has 0 saturated heterocycles. The zero-order chi connectivity index (χ0) is 36.5. The number of hydrogen-bond acceptors (Lipinski definition) is 11. The largest absolute Gasteiger partial charge is 0.504 e. The van der Waals surface area contributed by atoms with Crippen LogP contribution < -0.4 is 31.2 Å². The number of nitrogens with one attached hydrogen (secondary N) is 3. The first kappa shape index (κ1) is 40.5. The van der Waals surface area contributed by atoms with Crippen molar-refractivity contribution in [1.82, 2.24) is 10.6 Å². The van der Waals surface area contributed by atoms with Crippen LogP contribution in [0, 0.1) is 5.92 Å². The summed E-state index contributed by atoms with van der Waals surface area (Å²) in [6, 6.07) is 8.72. The molecule has 9 N–H and O–H groups in total. The lowest BCUT2D eigenvalue weighted by Crippen LogP contribution is -2.43. The molecule has 3 rings (SSSR count). The normalized spacial score (nSPS) is 19.1. The lowest BCUT2D eigenvalue weighted by Gasteiger charge is -2.32. The average molecular weight is 700 g/mol. The molecule has 50 heavy (non-hydrogen) atoms. The number of rotatable bonds is 22. The predicted molar refractivity (Wildman–Crippen MR) is 195 cm³/mol. The third kappa shape index (κ3) is 13.1. The van der Waals surface area contributed by atoms with Crippen LogP contribution in [0.5, 0.6) is 23.0 Å². The number of ketones is 1. The number of aliphatic hydroxyl groups excluding tert-OH is 2. The van der Waals surface area contributed by atoms with Crippen LogP contribution in [0.2, 0.25) is 0 Å². The standard InChI is InChI=1S/C37H57N5O8/c1-25(44)23-41-34(14-17-43)49-18-15-27-13-16-37(22-27,24-39-2)50-33-21-28(19-30(35(33)47)42-36(38)40-3)7-5-6-8-29(45)11-9-26-10-12-31(46)32(20-26)48-4/h6,8,10,12,19-21,25,27,34,39,41,43-44,46-47H,5,7,9,11,13-18,22-24H2,1-4H3,(H3,38,40,42). The molecule has 0 aliphatic heterocycles. The maximum Gasteiger partial charge on any atom is 0.192 e. The number of carbonyl (C=O) groups excluding carboxylic acids is 1. The lowest BCUT2D eigenvalue weighted by molar-refractivity contribution is -0.114. The van der Waals surface area contributed by atoms with Crippen molar-refractivity contribution in [1.29, 1.82) is 0 Å². The van der Waals surface area contributed by atoms with Crippen molar-refractivity contribution in [2.45, 2.75) is 82.6 Å². The van der Waals surface area contributed by atoms with Gasteiger partial charge in [-0.3, -0.25) is 15.1 Å². The van der Waals surface area contributed by atoms with Gasteiger partial charge in [-0.15, -0.1) is 0 Å². The van der Waals surface area contributed by atoms with Gasteiger partial charge in [0.05, 0.1) is 18.9 Å². The number of ether oxygens (including phenoxy) is 3. The van der Waals surface area contributed by atoms with E-state index in [-0.39, 0.29) is 36.1 Å². The molecule has 2 aromatic rings. The van der Waals surface area contributed by atoms with Gasteiger partial charge >= 0.3 is 0 Å². The highest BCUT2D eigenvalue weighted by Gasteiger charge is 2.41. The van der Waals surface area contributed by atoms with E-state index < -0.39 is 11.7 Å². The summed E-state index contributed by atoms with van der Waals surface area (Å²) < 4.78 is 17.8. The second-order valence-corrected chi connectivity index (χ2v) is 13.0. The second kappa shape index (κ2) is 20.7. The van der Waals surface area contributed by atoms with Gasteiger partial charge in [0, 0.05) is 46.2 Å². The number of guanidine groups is 1. The Morgan fingerprint density at radius 2 is 1.96 bits per heavy atom. The van der Waals surface area contributed by atoms with E-state index in [2.05, 4.69) is 20.9 Å². The summed E-state index contributed by atoms with van der Waals surface area (Å²) in [6.45, 7) is 3.16. The molecule has 1 aliphatic carbocycles. The smallest absolute Gasteiger partial charge is 0.192 e. The van der Waals surface area contributed by atoms with Crippen molar-refractivity contribution in [3.8, 4) is 23.0 Å². The summed E-state index contributed by atoms with van der Waals surface area (Å²) in [4.78, 5) is 16.5. The number of methoxy groups -OCH3 is 1. The SMILES string of the molecule is CN=C(N)Nc1cc(CCC=CC(=O)CCc2ccc(O)c(OC)c2)cc(OC2(CNC)CCC(CCOC(CCO)NCC(C)O)C2)c1O. The molecule has 0 bridgehead atoms. The van der Waals surface area contributed by atoms with Crippen molar-refractivity contribution < 1.29 is 39.4 Å². The highest BCUT2D eigenvalue weighted by atomic mass is 16.5. The number of aryl methyl sites for hydroxylation is 2. The van der Waals surface area contributed by atoms with E-state index in [0.29, 0.717) is 74.9 Å². The summed E-state index contributed by atoms with van der Waals surface area (Å²) in [5, 5.41) is 49.4. The number of hydrogen-bond donors (Lipinski definition) is 8. The monoisotopic (exact) mass is 699 g/mol. The van der Waals surface area contributed by atoms with Crippen LogP contribution >= 0.6 is 0 Å². The lowest BCUT2D eigenvalue weighted by atomic mass is 9.97. The molecule has 0 radical (unpaired) electrons. The Bertz CT molecular complexity index is 1420. The number of nitrogens with two attached hydrogens (primary N) is 1. The third-order valence-corrected chi connectivity index (χ3v) is 8.82. The summed E-state index contributed by atoms with van der Waals surface area (Å²) in [5.41, 5.74) is 7.58. The predicted octanol–water partition coefficient (Wildman–Crippen LogP) is 3.38. The average Bonchev–Trinajstić information content (AvgIpc) is 3.49. The number of aliphatic imine (C=N–C) groups is 1. The molecule has 13 nitrogen and oxygen atoms in total. The molecular weight excluding hydrogens is 642 g/mol. The molecule has 0 spiro atoms. The Balaban J connectivity index is 1.65. The first-order valence-electron chi connectivity index (χ1n) is 17.4. The molecule has 4 unspecified atom stereocenters. The molecule has 13 heteroatoms. The fourth-order valence-corrected chi connectivity index (χ4v) is 6.20. The van der Waals surface area contributed by atoms with E-state index in [4.69, 9.17) is 19.9 Å². The molecule has 1 saturated carbocycles. The van der Waals surface area contributed by atoms with Gasteiger partial charge in [-0.25, -0.2) is 0 Å². The number of aliphatic hydroxyl groups is 2. The Hall–Kier alpha value is -3.88. The summed E-state index contributed by atoms with van der Waals surface area (Å²) in [6.07, 6.45) is 8.35. The van der Waals surface area contributed by atoms with Crippen LogP contribution in [-0.4, -0.2) is 97.6 Å². The molecule has 278 valence electrons.